The van der Waals surface area contributed by atoms with Gasteiger partial charge in [0.05, 0.1) is 19.8 Å². The third-order valence-electron chi connectivity index (χ3n) is 1.25. The first-order valence-corrected chi connectivity index (χ1v) is 4.81. The molecular weight excluding hydrogens is 259 g/mol. The second-order valence-corrected chi connectivity index (χ2v) is 3.11. The Labute approximate surface area is 103 Å². The van der Waals surface area contributed by atoms with Gasteiger partial charge < -0.3 is 20.4 Å². The maximum absolute atomic E-state index is 8.48. The summed E-state index contributed by atoms with van der Waals surface area (Å²) in [5, 5.41) is 33.5. The molecule has 6 heteroatoms. The zero-order valence-corrected chi connectivity index (χ0v) is 11.7. The molecule has 0 heterocycles. The molecule has 92 valence electrons. The van der Waals surface area contributed by atoms with Gasteiger partial charge in [0.2, 0.25) is 0 Å². The van der Waals surface area contributed by atoms with Crippen LogP contribution in [0.4, 0.5) is 0 Å². The maximum Gasteiger partial charge on any atom is 0.0558 e. The monoisotopic (exact) mass is 283 g/mol. The Balaban J connectivity index is -0.000000249. The molecular formula is C9H23GeNO4. The Hall–Kier alpha value is 0.343. The molecule has 0 aliphatic carbocycles. The topological polar surface area (TPSA) is 84.2 Å². The Morgan fingerprint density at radius 1 is 0.867 bits per heavy atom. The van der Waals surface area contributed by atoms with Crippen molar-refractivity contribution >= 4 is 17.6 Å². The van der Waals surface area contributed by atoms with Crippen molar-refractivity contribution in [1.82, 2.24) is 4.90 Å². The van der Waals surface area contributed by atoms with Gasteiger partial charge in [0.15, 0.2) is 0 Å². The second-order valence-electron chi connectivity index (χ2n) is 3.11. The van der Waals surface area contributed by atoms with Crippen LogP contribution in [0.3, 0.4) is 0 Å². The SMILES string of the molecule is CC(C)O.OCCN(CCO)CCO.[Ge]. The van der Waals surface area contributed by atoms with Crippen molar-refractivity contribution in [3.8, 4) is 0 Å². The molecule has 0 amide bonds. The third-order valence-corrected chi connectivity index (χ3v) is 1.25. The van der Waals surface area contributed by atoms with E-state index in [0.29, 0.717) is 19.6 Å². The van der Waals surface area contributed by atoms with Crippen molar-refractivity contribution in [2.75, 3.05) is 39.5 Å². The van der Waals surface area contributed by atoms with Gasteiger partial charge in [0.1, 0.15) is 0 Å². The van der Waals surface area contributed by atoms with Crippen molar-refractivity contribution in [3.63, 3.8) is 0 Å². The fourth-order valence-corrected chi connectivity index (χ4v) is 0.760. The number of hydrogen-bond donors (Lipinski definition) is 4. The second kappa shape index (κ2) is 16.8. The van der Waals surface area contributed by atoms with E-state index in [4.69, 9.17) is 20.4 Å². The summed E-state index contributed by atoms with van der Waals surface area (Å²) in [5.74, 6) is 0. The zero-order chi connectivity index (χ0) is 11.4. The predicted octanol–water partition coefficient (Wildman–Crippen LogP) is -1.73. The minimum absolute atomic E-state index is 0. The summed E-state index contributed by atoms with van der Waals surface area (Å²) in [6.45, 7) is 5.20. The quantitative estimate of drug-likeness (QED) is 0.435. The first-order valence-electron chi connectivity index (χ1n) is 4.81. The molecule has 4 N–H and O–H groups in total. The first-order chi connectivity index (χ1) is 6.58. The van der Waals surface area contributed by atoms with E-state index >= 15 is 0 Å². The Morgan fingerprint density at radius 2 is 1.07 bits per heavy atom. The maximum atomic E-state index is 8.48. The molecule has 0 unspecified atom stereocenters. The van der Waals surface area contributed by atoms with E-state index in [2.05, 4.69) is 0 Å². The summed E-state index contributed by atoms with van der Waals surface area (Å²) in [4.78, 5) is 1.79. The van der Waals surface area contributed by atoms with Crippen LogP contribution >= 0.6 is 0 Å². The van der Waals surface area contributed by atoms with E-state index in [1.807, 2.05) is 0 Å². The summed E-state index contributed by atoms with van der Waals surface area (Å²) < 4.78 is 0. The van der Waals surface area contributed by atoms with Crippen LogP contribution in [0.5, 0.6) is 0 Å². The number of aliphatic hydroxyl groups excluding tert-OH is 4. The molecule has 4 radical (unpaired) electrons. The molecule has 0 fully saturated rings. The molecule has 0 saturated heterocycles. The largest absolute Gasteiger partial charge is 0.395 e. The summed E-state index contributed by atoms with van der Waals surface area (Å²) >= 11 is 0. The molecule has 0 saturated carbocycles. The molecule has 0 spiro atoms. The van der Waals surface area contributed by atoms with Crippen LogP contribution in [0.1, 0.15) is 13.8 Å². The zero-order valence-electron chi connectivity index (χ0n) is 9.56. The van der Waals surface area contributed by atoms with Crippen LogP contribution in [-0.2, 0) is 0 Å². The summed E-state index contributed by atoms with van der Waals surface area (Å²) in [7, 11) is 0. The average Bonchev–Trinajstić information content (AvgIpc) is 2.04. The summed E-state index contributed by atoms with van der Waals surface area (Å²) in [6, 6.07) is 0. The Morgan fingerprint density at radius 3 is 1.20 bits per heavy atom. The molecule has 0 rings (SSSR count). The van der Waals surface area contributed by atoms with Gasteiger partial charge in [-0.3, -0.25) is 4.90 Å². The Kier molecular flexibility index (Phi) is 23.2. The number of rotatable bonds is 6. The number of hydrogen-bond acceptors (Lipinski definition) is 5. The van der Waals surface area contributed by atoms with E-state index < -0.39 is 0 Å². The van der Waals surface area contributed by atoms with Gasteiger partial charge >= 0.3 is 0 Å². The normalized spacial score (nSPS) is 9.60. The van der Waals surface area contributed by atoms with Crippen LogP contribution < -0.4 is 0 Å². The van der Waals surface area contributed by atoms with Gasteiger partial charge in [0, 0.05) is 43.3 Å². The van der Waals surface area contributed by atoms with Crippen LogP contribution in [0.2, 0.25) is 0 Å². The molecule has 0 aromatic rings. The summed E-state index contributed by atoms with van der Waals surface area (Å²) in [6.07, 6.45) is -0.167. The van der Waals surface area contributed by atoms with Gasteiger partial charge in [-0.25, -0.2) is 0 Å². The van der Waals surface area contributed by atoms with Gasteiger partial charge in [-0.05, 0) is 13.8 Å². The van der Waals surface area contributed by atoms with E-state index in [9.17, 15) is 0 Å². The van der Waals surface area contributed by atoms with Crippen molar-refractivity contribution < 1.29 is 20.4 Å². The van der Waals surface area contributed by atoms with Crippen molar-refractivity contribution in [1.29, 1.82) is 0 Å². The van der Waals surface area contributed by atoms with Crippen molar-refractivity contribution in [3.05, 3.63) is 0 Å². The number of nitrogens with zero attached hydrogens (tertiary/aromatic N) is 1. The third kappa shape index (κ3) is 25.0. The van der Waals surface area contributed by atoms with Gasteiger partial charge in [0.25, 0.3) is 0 Å². The van der Waals surface area contributed by atoms with Crippen LogP contribution in [-0.4, -0.2) is 88.5 Å². The van der Waals surface area contributed by atoms with E-state index in [1.54, 1.807) is 18.7 Å². The molecule has 0 aromatic carbocycles. The van der Waals surface area contributed by atoms with Crippen LogP contribution in [0.25, 0.3) is 0 Å². The van der Waals surface area contributed by atoms with Gasteiger partial charge in [-0.2, -0.15) is 0 Å². The predicted molar refractivity (Wildman–Crippen MR) is 60.8 cm³/mol. The molecule has 0 aromatic heterocycles. The van der Waals surface area contributed by atoms with Gasteiger partial charge in [-0.1, -0.05) is 0 Å². The molecule has 0 bridgehead atoms. The van der Waals surface area contributed by atoms with E-state index in [-0.39, 0.29) is 43.5 Å². The van der Waals surface area contributed by atoms with E-state index in [0.717, 1.165) is 0 Å². The molecule has 15 heavy (non-hydrogen) atoms. The standard InChI is InChI=1S/C6H15NO3.C3H8O.Ge/c8-4-1-7(2-5-9)3-6-10;1-3(2)4;/h8-10H,1-6H2;3-4H,1-2H3;. The van der Waals surface area contributed by atoms with Crippen molar-refractivity contribution in [2.45, 2.75) is 20.0 Å². The Bertz CT molecular complexity index is 89.1. The number of aliphatic hydroxyl groups is 4. The minimum Gasteiger partial charge on any atom is -0.395 e. The van der Waals surface area contributed by atoms with Crippen LogP contribution in [0.15, 0.2) is 0 Å². The van der Waals surface area contributed by atoms with Crippen molar-refractivity contribution in [2.24, 2.45) is 0 Å². The fraction of sp³-hybridized carbons (Fsp3) is 1.00. The molecule has 0 aliphatic rings. The smallest absolute Gasteiger partial charge is 0.0558 e. The average molecular weight is 282 g/mol. The van der Waals surface area contributed by atoms with Crippen LogP contribution in [0, 0.1) is 0 Å². The minimum atomic E-state index is -0.167. The fourth-order valence-electron chi connectivity index (χ4n) is 0.760. The molecule has 5 nitrogen and oxygen atoms in total. The first kappa shape index (κ1) is 20.7. The summed E-state index contributed by atoms with van der Waals surface area (Å²) in [5.41, 5.74) is 0. The molecule has 0 atom stereocenters. The molecule has 0 aliphatic heterocycles. The van der Waals surface area contributed by atoms with Gasteiger partial charge in [-0.15, -0.1) is 0 Å². The van der Waals surface area contributed by atoms with E-state index in [1.165, 1.54) is 0 Å².